The van der Waals surface area contributed by atoms with Crippen LogP contribution in [0.4, 0.5) is 13.2 Å². The molecule has 130 valence electrons. The van der Waals surface area contributed by atoms with E-state index in [-0.39, 0.29) is 13.0 Å². The Hall–Kier alpha value is -1.61. The van der Waals surface area contributed by atoms with Gasteiger partial charge in [-0.05, 0) is 32.4 Å². The van der Waals surface area contributed by atoms with Crippen molar-refractivity contribution in [2.75, 3.05) is 6.54 Å². The molecule has 0 saturated heterocycles. The fourth-order valence-electron chi connectivity index (χ4n) is 2.05. The Labute approximate surface area is 132 Å². The molecule has 0 aliphatic carbocycles. The largest absolute Gasteiger partial charge is 0.480 e. The van der Waals surface area contributed by atoms with Crippen molar-refractivity contribution in [1.29, 1.82) is 0 Å². The molecule has 0 aliphatic heterocycles. The molecule has 0 aromatic heterocycles. The van der Waals surface area contributed by atoms with Gasteiger partial charge in [0.25, 0.3) is 0 Å². The molecule has 23 heavy (non-hydrogen) atoms. The predicted molar refractivity (Wildman–Crippen MR) is 77.3 cm³/mol. The fourth-order valence-corrected chi connectivity index (χ4v) is 4.11. The van der Waals surface area contributed by atoms with Gasteiger partial charge in [-0.3, -0.25) is 4.79 Å². The lowest BCUT2D eigenvalue weighted by Gasteiger charge is -2.34. The Bertz CT molecular complexity index is 684. The summed E-state index contributed by atoms with van der Waals surface area (Å²) < 4.78 is 65.2. The van der Waals surface area contributed by atoms with Crippen molar-refractivity contribution in [3.8, 4) is 0 Å². The molecular formula is C14H18F3NO4S. The number of nitrogens with zero attached hydrogens (tertiary/aromatic N) is 1. The van der Waals surface area contributed by atoms with Gasteiger partial charge >= 0.3 is 12.1 Å². The zero-order valence-electron chi connectivity index (χ0n) is 12.9. The molecule has 0 aliphatic rings. The van der Waals surface area contributed by atoms with Crippen molar-refractivity contribution in [3.63, 3.8) is 0 Å². The lowest BCUT2D eigenvalue weighted by atomic mass is 10.1. The number of carboxylic acids is 1. The van der Waals surface area contributed by atoms with Crippen LogP contribution < -0.4 is 0 Å². The molecule has 1 rings (SSSR count). The number of benzene rings is 1. The molecule has 1 aromatic rings. The highest BCUT2D eigenvalue weighted by molar-refractivity contribution is 7.89. The van der Waals surface area contributed by atoms with Crippen LogP contribution >= 0.6 is 0 Å². The average Bonchev–Trinajstić information content (AvgIpc) is 2.43. The van der Waals surface area contributed by atoms with Crippen LogP contribution in [0.1, 0.15) is 32.8 Å². The summed E-state index contributed by atoms with van der Waals surface area (Å²) in [6, 6.07) is 3.73. The van der Waals surface area contributed by atoms with E-state index in [0.717, 1.165) is 26.0 Å². The predicted octanol–water partition coefficient (Wildman–Crippen LogP) is 2.97. The van der Waals surface area contributed by atoms with Gasteiger partial charge in [0.2, 0.25) is 10.0 Å². The molecule has 0 saturated carbocycles. The summed E-state index contributed by atoms with van der Waals surface area (Å²) in [6.45, 7) is 3.67. The highest BCUT2D eigenvalue weighted by atomic mass is 32.2. The van der Waals surface area contributed by atoms with E-state index in [1.54, 1.807) is 6.92 Å². The second kappa shape index (κ2) is 6.48. The average molecular weight is 353 g/mol. The van der Waals surface area contributed by atoms with E-state index in [4.69, 9.17) is 0 Å². The Morgan fingerprint density at radius 3 is 2.17 bits per heavy atom. The number of alkyl halides is 3. The van der Waals surface area contributed by atoms with Crippen molar-refractivity contribution in [1.82, 2.24) is 4.31 Å². The van der Waals surface area contributed by atoms with Crippen LogP contribution in [0, 0.1) is 0 Å². The highest BCUT2D eigenvalue weighted by Crippen LogP contribution is 2.36. The zero-order valence-corrected chi connectivity index (χ0v) is 13.7. The van der Waals surface area contributed by atoms with Crippen LogP contribution in [0.25, 0.3) is 0 Å². The Kier molecular flexibility index (Phi) is 5.48. The first-order valence-electron chi connectivity index (χ1n) is 6.79. The summed E-state index contributed by atoms with van der Waals surface area (Å²) in [5.41, 5.74) is -3.20. The molecule has 0 bridgehead atoms. The first-order chi connectivity index (χ1) is 10.4. The molecule has 0 unspecified atom stereocenters. The SMILES string of the molecule is CCCN(C(C)(C)C(=O)O)S(=O)(=O)c1ccccc1C(F)(F)F. The van der Waals surface area contributed by atoms with Crippen LogP contribution in [0.15, 0.2) is 29.2 Å². The van der Waals surface area contributed by atoms with Crippen molar-refractivity contribution >= 4 is 16.0 Å². The summed E-state index contributed by atoms with van der Waals surface area (Å²) in [5.74, 6) is -1.45. The summed E-state index contributed by atoms with van der Waals surface area (Å²) in [6.07, 6.45) is -4.61. The van der Waals surface area contributed by atoms with E-state index in [2.05, 4.69) is 0 Å². The number of hydrogen-bond acceptors (Lipinski definition) is 3. The smallest absolute Gasteiger partial charge is 0.417 e. The first-order valence-corrected chi connectivity index (χ1v) is 8.23. The number of halogens is 3. The first kappa shape index (κ1) is 19.4. The quantitative estimate of drug-likeness (QED) is 0.853. The number of rotatable bonds is 6. The lowest BCUT2D eigenvalue weighted by molar-refractivity contribution is -0.146. The van der Waals surface area contributed by atoms with Crippen LogP contribution in [0.2, 0.25) is 0 Å². The molecule has 1 N–H and O–H groups in total. The van der Waals surface area contributed by atoms with Gasteiger partial charge < -0.3 is 5.11 Å². The van der Waals surface area contributed by atoms with Gasteiger partial charge in [-0.25, -0.2) is 8.42 Å². The number of sulfonamides is 1. The van der Waals surface area contributed by atoms with E-state index in [1.807, 2.05) is 0 Å². The molecule has 0 atom stereocenters. The minimum Gasteiger partial charge on any atom is -0.480 e. The zero-order chi connectivity index (χ0) is 18.1. The highest BCUT2D eigenvalue weighted by Gasteiger charge is 2.45. The third kappa shape index (κ3) is 3.84. The second-order valence-corrected chi connectivity index (χ2v) is 7.27. The van der Waals surface area contributed by atoms with E-state index < -0.39 is 38.2 Å². The molecule has 0 fully saturated rings. The normalized spacial score (nSPS) is 13.3. The summed E-state index contributed by atoms with van der Waals surface area (Å²) in [7, 11) is -4.65. The van der Waals surface area contributed by atoms with E-state index >= 15 is 0 Å². The van der Waals surface area contributed by atoms with Gasteiger partial charge in [-0.1, -0.05) is 19.1 Å². The van der Waals surface area contributed by atoms with Crippen molar-refractivity contribution in [2.45, 2.75) is 43.8 Å². The van der Waals surface area contributed by atoms with Gasteiger partial charge in [0, 0.05) is 6.54 Å². The molecule has 0 radical (unpaired) electrons. The summed E-state index contributed by atoms with van der Waals surface area (Å²) in [4.78, 5) is 10.4. The van der Waals surface area contributed by atoms with Gasteiger partial charge in [0.15, 0.2) is 0 Å². The van der Waals surface area contributed by atoms with E-state index in [0.29, 0.717) is 10.4 Å². The second-order valence-electron chi connectivity index (χ2n) is 5.44. The molecule has 0 spiro atoms. The molecule has 0 heterocycles. The van der Waals surface area contributed by atoms with E-state index in [9.17, 15) is 31.5 Å². The Morgan fingerprint density at radius 2 is 1.74 bits per heavy atom. The Morgan fingerprint density at radius 1 is 1.22 bits per heavy atom. The van der Waals surface area contributed by atoms with Crippen molar-refractivity contribution < 1.29 is 31.5 Å². The lowest BCUT2D eigenvalue weighted by Crippen LogP contribution is -2.53. The maximum Gasteiger partial charge on any atom is 0.417 e. The maximum absolute atomic E-state index is 13.1. The van der Waals surface area contributed by atoms with Crippen LogP contribution in [0.5, 0.6) is 0 Å². The monoisotopic (exact) mass is 353 g/mol. The van der Waals surface area contributed by atoms with Gasteiger partial charge in [-0.15, -0.1) is 0 Å². The topological polar surface area (TPSA) is 74.7 Å². The van der Waals surface area contributed by atoms with Crippen molar-refractivity contribution in [2.24, 2.45) is 0 Å². The minimum absolute atomic E-state index is 0.214. The number of carbonyl (C=O) groups is 1. The molecule has 9 heteroatoms. The van der Waals surface area contributed by atoms with E-state index in [1.165, 1.54) is 6.07 Å². The molecular weight excluding hydrogens is 335 g/mol. The van der Waals surface area contributed by atoms with Gasteiger partial charge in [0.1, 0.15) is 5.54 Å². The van der Waals surface area contributed by atoms with Gasteiger partial charge in [-0.2, -0.15) is 17.5 Å². The number of carboxylic acid groups (broad SMARTS) is 1. The fraction of sp³-hybridized carbons (Fsp3) is 0.500. The van der Waals surface area contributed by atoms with Crippen LogP contribution in [-0.2, 0) is 21.0 Å². The number of aliphatic carboxylic acids is 1. The number of hydrogen-bond donors (Lipinski definition) is 1. The summed E-state index contributed by atoms with van der Waals surface area (Å²) in [5, 5.41) is 9.25. The van der Waals surface area contributed by atoms with Crippen LogP contribution in [-0.4, -0.2) is 35.9 Å². The Balaban J connectivity index is 3.59. The minimum atomic E-state index is -4.87. The molecule has 1 aromatic carbocycles. The van der Waals surface area contributed by atoms with Gasteiger partial charge in [0.05, 0.1) is 10.5 Å². The third-order valence-corrected chi connectivity index (χ3v) is 5.47. The maximum atomic E-state index is 13.1. The van der Waals surface area contributed by atoms with Crippen LogP contribution in [0.3, 0.4) is 0 Å². The molecule has 5 nitrogen and oxygen atoms in total. The third-order valence-electron chi connectivity index (χ3n) is 3.33. The molecule has 0 amide bonds. The summed E-state index contributed by atoms with van der Waals surface area (Å²) >= 11 is 0. The standard InChI is InChI=1S/C14H18F3NO4S/c1-4-9-18(13(2,3)12(19)20)23(21,22)11-8-6-5-7-10(11)14(15,16)17/h5-8H,4,9H2,1-3H3,(H,19,20). The van der Waals surface area contributed by atoms with Crippen molar-refractivity contribution in [3.05, 3.63) is 29.8 Å².